The molecule has 0 aromatic heterocycles. The SMILES string of the molecule is CCNC(=NCC(O)c1ccc(OC(F)F)cc1)NCCCN(C(C)C)C(C)C. The van der Waals surface area contributed by atoms with Crippen molar-refractivity contribution in [2.24, 2.45) is 4.99 Å². The van der Waals surface area contributed by atoms with Crippen molar-refractivity contribution in [3.8, 4) is 5.75 Å². The number of nitrogens with zero attached hydrogens (tertiary/aromatic N) is 2. The molecular formula is C21H36F2N4O2. The number of hydrogen-bond donors (Lipinski definition) is 3. The molecule has 0 amide bonds. The summed E-state index contributed by atoms with van der Waals surface area (Å²) < 4.78 is 28.7. The number of aliphatic imine (C=N–C) groups is 1. The van der Waals surface area contributed by atoms with Crippen molar-refractivity contribution in [3.05, 3.63) is 29.8 Å². The van der Waals surface area contributed by atoms with Crippen LogP contribution in [0, 0.1) is 0 Å². The van der Waals surface area contributed by atoms with Gasteiger partial charge in [0.2, 0.25) is 0 Å². The lowest BCUT2D eigenvalue weighted by atomic mass is 10.1. The van der Waals surface area contributed by atoms with Gasteiger partial charge in [-0.05, 0) is 58.7 Å². The van der Waals surface area contributed by atoms with Crippen LogP contribution < -0.4 is 15.4 Å². The summed E-state index contributed by atoms with van der Waals surface area (Å²) in [7, 11) is 0. The molecule has 0 radical (unpaired) electrons. The number of ether oxygens (including phenoxy) is 1. The molecule has 1 aromatic carbocycles. The summed E-state index contributed by atoms with van der Waals surface area (Å²) in [4.78, 5) is 6.87. The van der Waals surface area contributed by atoms with Gasteiger partial charge in [0, 0.05) is 31.7 Å². The summed E-state index contributed by atoms with van der Waals surface area (Å²) in [5.74, 6) is 0.705. The first-order valence-electron chi connectivity index (χ1n) is 10.2. The molecule has 0 saturated heterocycles. The Bertz CT molecular complexity index is 587. The minimum absolute atomic E-state index is 0.0614. The van der Waals surface area contributed by atoms with E-state index >= 15 is 0 Å². The molecule has 8 heteroatoms. The van der Waals surface area contributed by atoms with Crippen LogP contribution >= 0.6 is 0 Å². The first kappa shape index (κ1) is 25.1. The molecule has 0 aliphatic carbocycles. The fraction of sp³-hybridized carbons (Fsp3) is 0.667. The molecule has 1 unspecified atom stereocenters. The fourth-order valence-electron chi connectivity index (χ4n) is 3.08. The van der Waals surface area contributed by atoms with E-state index < -0.39 is 12.7 Å². The highest BCUT2D eigenvalue weighted by Crippen LogP contribution is 2.19. The van der Waals surface area contributed by atoms with Crippen LogP contribution in [-0.4, -0.2) is 60.8 Å². The number of rotatable bonds is 12. The van der Waals surface area contributed by atoms with Crippen LogP contribution in [0.2, 0.25) is 0 Å². The van der Waals surface area contributed by atoms with Gasteiger partial charge in [0.1, 0.15) is 5.75 Å². The Morgan fingerprint density at radius 1 is 1.10 bits per heavy atom. The molecule has 0 fully saturated rings. The molecule has 6 nitrogen and oxygen atoms in total. The van der Waals surface area contributed by atoms with E-state index in [2.05, 4.69) is 53.0 Å². The van der Waals surface area contributed by atoms with Crippen LogP contribution in [0.15, 0.2) is 29.3 Å². The van der Waals surface area contributed by atoms with Crippen LogP contribution in [-0.2, 0) is 0 Å². The number of nitrogens with one attached hydrogen (secondary N) is 2. The van der Waals surface area contributed by atoms with E-state index in [0.717, 1.165) is 19.5 Å². The van der Waals surface area contributed by atoms with E-state index in [0.29, 0.717) is 30.2 Å². The third kappa shape index (κ3) is 9.89. The second-order valence-corrected chi connectivity index (χ2v) is 7.39. The van der Waals surface area contributed by atoms with Crippen LogP contribution in [0.25, 0.3) is 0 Å². The highest BCUT2D eigenvalue weighted by Gasteiger charge is 2.13. The van der Waals surface area contributed by atoms with Crippen molar-refractivity contribution in [2.75, 3.05) is 26.2 Å². The average Bonchev–Trinajstić information content (AvgIpc) is 2.65. The van der Waals surface area contributed by atoms with Gasteiger partial charge in [0.25, 0.3) is 0 Å². The van der Waals surface area contributed by atoms with Gasteiger partial charge in [0.15, 0.2) is 5.96 Å². The molecule has 3 N–H and O–H groups in total. The largest absolute Gasteiger partial charge is 0.435 e. The predicted octanol–water partition coefficient (Wildman–Crippen LogP) is 3.39. The number of alkyl halides is 2. The summed E-state index contributed by atoms with van der Waals surface area (Å²) >= 11 is 0. The van der Waals surface area contributed by atoms with E-state index in [1.165, 1.54) is 12.1 Å². The van der Waals surface area contributed by atoms with E-state index in [4.69, 9.17) is 0 Å². The molecule has 1 aromatic rings. The average molecular weight is 415 g/mol. The molecule has 0 spiro atoms. The fourth-order valence-corrected chi connectivity index (χ4v) is 3.08. The minimum atomic E-state index is -2.86. The summed E-state index contributed by atoms with van der Waals surface area (Å²) in [6, 6.07) is 6.95. The highest BCUT2D eigenvalue weighted by molar-refractivity contribution is 5.79. The Morgan fingerprint density at radius 2 is 1.72 bits per heavy atom. The van der Waals surface area contributed by atoms with Gasteiger partial charge in [-0.3, -0.25) is 9.89 Å². The first-order chi connectivity index (χ1) is 13.7. The van der Waals surface area contributed by atoms with E-state index in [1.807, 2.05) is 6.92 Å². The topological polar surface area (TPSA) is 69.1 Å². The molecule has 0 bridgehead atoms. The van der Waals surface area contributed by atoms with Crippen molar-refractivity contribution in [1.82, 2.24) is 15.5 Å². The van der Waals surface area contributed by atoms with Gasteiger partial charge in [-0.25, -0.2) is 0 Å². The Morgan fingerprint density at radius 3 is 2.24 bits per heavy atom. The van der Waals surface area contributed by atoms with Crippen LogP contribution in [0.3, 0.4) is 0 Å². The maximum absolute atomic E-state index is 12.2. The van der Waals surface area contributed by atoms with Crippen molar-refractivity contribution in [3.63, 3.8) is 0 Å². The van der Waals surface area contributed by atoms with E-state index in [9.17, 15) is 13.9 Å². The zero-order valence-electron chi connectivity index (χ0n) is 18.2. The van der Waals surface area contributed by atoms with Gasteiger partial charge in [-0.15, -0.1) is 0 Å². The maximum atomic E-state index is 12.2. The zero-order chi connectivity index (χ0) is 21.8. The minimum Gasteiger partial charge on any atom is -0.435 e. The predicted molar refractivity (Wildman–Crippen MR) is 114 cm³/mol. The lowest BCUT2D eigenvalue weighted by molar-refractivity contribution is -0.0498. The number of halogens is 2. The maximum Gasteiger partial charge on any atom is 0.387 e. The van der Waals surface area contributed by atoms with Gasteiger partial charge < -0.3 is 20.5 Å². The Hall–Kier alpha value is -1.93. The Labute approximate surface area is 173 Å². The molecule has 1 atom stereocenters. The lowest BCUT2D eigenvalue weighted by Gasteiger charge is -2.30. The molecular weight excluding hydrogens is 378 g/mol. The molecule has 1 rings (SSSR count). The second-order valence-electron chi connectivity index (χ2n) is 7.39. The third-order valence-corrected chi connectivity index (χ3v) is 4.47. The van der Waals surface area contributed by atoms with Crippen LogP contribution in [0.4, 0.5) is 8.78 Å². The summed E-state index contributed by atoms with van der Waals surface area (Å²) in [5.41, 5.74) is 0.593. The molecule has 0 saturated carbocycles. The smallest absolute Gasteiger partial charge is 0.387 e. The number of guanidine groups is 1. The van der Waals surface area contributed by atoms with E-state index in [-0.39, 0.29) is 12.3 Å². The molecule has 29 heavy (non-hydrogen) atoms. The number of hydrogen-bond acceptors (Lipinski definition) is 4. The lowest BCUT2D eigenvalue weighted by Crippen LogP contribution is -2.41. The van der Waals surface area contributed by atoms with Crippen molar-refractivity contribution < 1.29 is 18.6 Å². The third-order valence-electron chi connectivity index (χ3n) is 4.47. The molecule has 0 aliphatic rings. The van der Waals surface area contributed by atoms with Crippen molar-refractivity contribution in [2.45, 2.75) is 65.8 Å². The molecule has 0 heterocycles. The molecule has 0 aliphatic heterocycles. The number of benzene rings is 1. The summed E-state index contributed by atoms with van der Waals surface area (Å²) in [6.45, 7) is 10.6. The van der Waals surface area contributed by atoms with Gasteiger partial charge in [-0.2, -0.15) is 8.78 Å². The summed E-state index contributed by atoms with van der Waals surface area (Å²) in [5, 5.41) is 16.8. The standard InChI is InChI=1S/C21H36F2N4O2/c1-6-24-21(25-12-7-13-27(15(2)3)16(4)5)26-14-19(28)17-8-10-18(11-9-17)29-20(22)23/h8-11,15-16,19-20,28H,6-7,12-14H2,1-5H3,(H2,24,25,26). The van der Waals surface area contributed by atoms with Crippen molar-refractivity contribution in [1.29, 1.82) is 0 Å². The van der Waals surface area contributed by atoms with Crippen LogP contribution in [0.5, 0.6) is 5.75 Å². The second kappa shape index (κ2) is 13.3. The first-order valence-corrected chi connectivity index (χ1v) is 10.2. The van der Waals surface area contributed by atoms with Gasteiger partial charge in [0.05, 0.1) is 12.6 Å². The monoisotopic (exact) mass is 414 g/mol. The molecule has 166 valence electrons. The van der Waals surface area contributed by atoms with Crippen LogP contribution in [0.1, 0.15) is 52.7 Å². The normalized spacial score (nSPS) is 13.4. The van der Waals surface area contributed by atoms with Gasteiger partial charge in [-0.1, -0.05) is 12.1 Å². The summed E-state index contributed by atoms with van der Waals surface area (Å²) in [6.07, 6.45) is 0.151. The quantitative estimate of drug-likeness (QED) is 0.278. The Kier molecular flexibility index (Phi) is 11.5. The number of aliphatic hydroxyl groups excluding tert-OH is 1. The van der Waals surface area contributed by atoms with Gasteiger partial charge >= 0.3 is 6.61 Å². The highest BCUT2D eigenvalue weighted by atomic mass is 19.3. The zero-order valence-corrected chi connectivity index (χ0v) is 18.2. The Balaban J connectivity index is 2.53. The van der Waals surface area contributed by atoms with E-state index in [1.54, 1.807) is 12.1 Å². The van der Waals surface area contributed by atoms with Crippen molar-refractivity contribution >= 4 is 5.96 Å². The number of aliphatic hydroxyl groups is 1.